The Morgan fingerprint density at radius 3 is 2.62 bits per heavy atom. The number of aryl methyl sites for hydroxylation is 1. The number of hydrogen-bond donors (Lipinski definition) is 2. The van der Waals surface area contributed by atoms with E-state index in [4.69, 9.17) is 5.73 Å². The highest BCUT2D eigenvalue weighted by molar-refractivity contribution is 5.93. The molecule has 1 atom stereocenters. The molecule has 5 heteroatoms. The predicted octanol–water partition coefficient (Wildman–Crippen LogP) is 3.73. The Balaban J connectivity index is 1.72. The van der Waals surface area contributed by atoms with Crippen molar-refractivity contribution >= 4 is 11.6 Å². The molecule has 0 aromatic heterocycles. The van der Waals surface area contributed by atoms with E-state index in [1.807, 2.05) is 14.1 Å². The lowest BCUT2D eigenvalue weighted by molar-refractivity contribution is 0.306. The van der Waals surface area contributed by atoms with Crippen LogP contribution >= 0.6 is 0 Å². The summed E-state index contributed by atoms with van der Waals surface area (Å²) in [6, 6.07) is 12.9. The average molecular weight is 354 g/mol. The van der Waals surface area contributed by atoms with Crippen LogP contribution in [0.15, 0.2) is 47.5 Å². The minimum Gasteiger partial charge on any atom is -0.370 e. The van der Waals surface area contributed by atoms with Gasteiger partial charge in [0.15, 0.2) is 5.96 Å². The Bertz CT molecular complexity index is 768. The van der Waals surface area contributed by atoms with Crippen LogP contribution < -0.4 is 11.1 Å². The molecule has 26 heavy (non-hydrogen) atoms. The lowest BCUT2D eigenvalue weighted by atomic mass is 9.90. The van der Waals surface area contributed by atoms with Gasteiger partial charge in [0, 0.05) is 5.69 Å². The van der Waals surface area contributed by atoms with E-state index in [1.165, 1.54) is 36.1 Å². The minimum atomic E-state index is -0.232. The first-order chi connectivity index (χ1) is 12.5. The number of guanidine groups is 1. The van der Waals surface area contributed by atoms with Gasteiger partial charge < -0.3 is 16.0 Å². The van der Waals surface area contributed by atoms with E-state index in [9.17, 15) is 4.39 Å². The molecule has 0 bridgehead atoms. The highest BCUT2D eigenvalue weighted by Gasteiger charge is 2.15. The van der Waals surface area contributed by atoms with Gasteiger partial charge in [-0.15, -0.1) is 0 Å². The van der Waals surface area contributed by atoms with Crippen molar-refractivity contribution in [3.8, 4) is 0 Å². The molecule has 3 N–H and O–H groups in total. The van der Waals surface area contributed by atoms with Crippen LogP contribution in [-0.2, 0) is 12.8 Å². The van der Waals surface area contributed by atoms with Crippen LogP contribution in [0.3, 0.4) is 0 Å². The number of nitrogens with one attached hydrogen (secondary N) is 1. The molecule has 3 rings (SSSR count). The standard InChI is InChI=1S/C21H27FN4/c1-26(2)20(16-10-12-17(22)13-11-16)14-24-21(23)25-19-9-5-7-15-6-3-4-8-18(15)19/h5,7,9-13,20H,3-4,6,8,14H2,1-2H3,(H3,23,24,25). The summed E-state index contributed by atoms with van der Waals surface area (Å²) in [5.74, 6) is 0.183. The fourth-order valence-corrected chi connectivity index (χ4v) is 3.51. The van der Waals surface area contributed by atoms with Crippen LogP contribution in [0.5, 0.6) is 0 Å². The number of rotatable bonds is 5. The number of nitrogens with two attached hydrogens (primary N) is 1. The van der Waals surface area contributed by atoms with Crippen molar-refractivity contribution in [1.82, 2.24) is 4.90 Å². The molecule has 138 valence electrons. The lowest BCUT2D eigenvalue weighted by Crippen LogP contribution is -2.28. The van der Waals surface area contributed by atoms with Gasteiger partial charge in [-0.1, -0.05) is 24.3 Å². The Morgan fingerprint density at radius 1 is 1.15 bits per heavy atom. The van der Waals surface area contributed by atoms with E-state index >= 15 is 0 Å². The number of nitrogens with zero attached hydrogens (tertiary/aromatic N) is 2. The van der Waals surface area contributed by atoms with Crippen molar-refractivity contribution in [2.45, 2.75) is 31.7 Å². The fraction of sp³-hybridized carbons (Fsp3) is 0.381. The quantitative estimate of drug-likeness (QED) is 0.635. The highest BCUT2D eigenvalue weighted by atomic mass is 19.1. The highest BCUT2D eigenvalue weighted by Crippen LogP contribution is 2.27. The number of hydrogen-bond acceptors (Lipinski definition) is 2. The van der Waals surface area contributed by atoms with E-state index in [2.05, 4.69) is 33.4 Å². The molecular formula is C21H27FN4. The molecule has 0 aliphatic heterocycles. The van der Waals surface area contributed by atoms with Crippen LogP contribution in [0.1, 0.15) is 35.6 Å². The molecule has 0 radical (unpaired) electrons. The summed E-state index contributed by atoms with van der Waals surface area (Å²) < 4.78 is 13.2. The van der Waals surface area contributed by atoms with Crippen LogP contribution in [0.2, 0.25) is 0 Å². The largest absolute Gasteiger partial charge is 0.370 e. The number of likely N-dealkylation sites (N-methyl/N-ethyl adjacent to an activating group) is 1. The number of fused-ring (bicyclic) bond motifs is 1. The maximum atomic E-state index is 13.2. The van der Waals surface area contributed by atoms with Crippen molar-refractivity contribution in [2.75, 3.05) is 26.0 Å². The molecule has 0 saturated heterocycles. The van der Waals surface area contributed by atoms with E-state index in [0.717, 1.165) is 24.1 Å². The van der Waals surface area contributed by atoms with E-state index < -0.39 is 0 Å². The van der Waals surface area contributed by atoms with Gasteiger partial charge in [-0.05, 0) is 74.7 Å². The monoisotopic (exact) mass is 354 g/mol. The number of benzene rings is 2. The van der Waals surface area contributed by atoms with Gasteiger partial charge in [0.2, 0.25) is 0 Å². The van der Waals surface area contributed by atoms with Gasteiger partial charge in [0.25, 0.3) is 0 Å². The SMILES string of the molecule is CN(C)C(CN=C(N)Nc1cccc2c1CCCC2)c1ccc(F)cc1. The van der Waals surface area contributed by atoms with E-state index in [1.54, 1.807) is 12.1 Å². The molecule has 2 aromatic rings. The van der Waals surface area contributed by atoms with Gasteiger partial charge in [0.1, 0.15) is 5.82 Å². The Hall–Kier alpha value is -2.40. The molecule has 1 unspecified atom stereocenters. The summed E-state index contributed by atoms with van der Waals surface area (Å²) >= 11 is 0. The molecule has 0 fully saturated rings. The van der Waals surface area contributed by atoms with Gasteiger partial charge in [-0.2, -0.15) is 0 Å². The Labute approximate surface area is 154 Å². The predicted molar refractivity (Wildman–Crippen MR) is 106 cm³/mol. The van der Waals surface area contributed by atoms with Crippen molar-refractivity contribution in [3.05, 3.63) is 65.0 Å². The third kappa shape index (κ3) is 4.41. The molecule has 1 aliphatic carbocycles. The summed E-state index contributed by atoms with van der Waals surface area (Å²) in [6.45, 7) is 0.506. The first-order valence-electron chi connectivity index (χ1n) is 9.14. The Kier molecular flexibility index (Phi) is 5.89. The zero-order valence-corrected chi connectivity index (χ0v) is 15.5. The van der Waals surface area contributed by atoms with Crippen molar-refractivity contribution in [2.24, 2.45) is 10.7 Å². The summed E-state index contributed by atoms with van der Waals surface area (Å²) in [4.78, 5) is 6.60. The third-order valence-corrected chi connectivity index (χ3v) is 4.97. The van der Waals surface area contributed by atoms with E-state index in [0.29, 0.717) is 12.5 Å². The number of halogens is 1. The zero-order valence-electron chi connectivity index (χ0n) is 15.5. The molecule has 0 spiro atoms. The van der Waals surface area contributed by atoms with Crippen LogP contribution in [-0.4, -0.2) is 31.5 Å². The zero-order chi connectivity index (χ0) is 18.5. The number of aliphatic imine (C=N–C) groups is 1. The number of anilines is 1. The second kappa shape index (κ2) is 8.32. The van der Waals surface area contributed by atoms with Crippen molar-refractivity contribution in [3.63, 3.8) is 0 Å². The first kappa shape index (κ1) is 18.4. The topological polar surface area (TPSA) is 53.6 Å². The first-order valence-corrected chi connectivity index (χ1v) is 9.14. The summed E-state index contributed by atoms with van der Waals surface area (Å²) in [6.07, 6.45) is 4.69. The second-order valence-corrected chi connectivity index (χ2v) is 7.03. The van der Waals surface area contributed by atoms with E-state index in [-0.39, 0.29) is 11.9 Å². The molecule has 1 aliphatic rings. The minimum absolute atomic E-state index is 0.0423. The van der Waals surface area contributed by atoms with Gasteiger partial charge >= 0.3 is 0 Å². The average Bonchev–Trinajstić information content (AvgIpc) is 2.63. The smallest absolute Gasteiger partial charge is 0.193 e. The molecule has 0 heterocycles. The van der Waals surface area contributed by atoms with Crippen LogP contribution in [0.25, 0.3) is 0 Å². The van der Waals surface area contributed by atoms with Crippen molar-refractivity contribution < 1.29 is 4.39 Å². The summed E-state index contributed by atoms with van der Waals surface area (Å²) in [7, 11) is 3.97. The third-order valence-electron chi connectivity index (χ3n) is 4.97. The maximum absolute atomic E-state index is 13.2. The second-order valence-electron chi connectivity index (χ2n) is 7.03. The Morgan fingerprint density at radius 2 is 1.88 bits per heavy atom. The van der Waals surface area contributed by atoms with Gasteiger partial charge in [-0.3, -0.25) is 4.99 Å². The summed E-state index contributed by atoms with van der Waals surface area (Å²) in [5.41, 5.74) is 11.0. The maximum Gasteiger partial charge on any atom is 0.193 e. The lowest BCUT2D eigenvalue weighted by Gasteiger charge is -2.23. The van der Waals surface area contributed by atoms with Crippen molar-refractivity contribution in [1.29, 1.82) is 0 Å². The van der Waals surface area contributed by atoms with Gasteiger partial charge in [0.05, 0.1) is 12.6 Å². The van der Waals surface area contributed by atoms with Gasteiger partial charge in [-0.25, -0.2) is 4.39 Å². The summed E-state index contributed by atoms with van der Waals surface area (Å²) in [5, 5.41) is 3.27. The molecule has 2 aromatic carbocycles. The fourth-order valence-electron chi connectivity index (χ4n) is 3.51. The molecule has 0 saturated carbocycles. The normalized spacial score (nSPS) is 15.6. The van der Waals surface area contributed by atoms with Crippen LogP contribution in [0, 0.1) is 5.82 Å². The molecule has 4 nitrogen and oxygen atoms in total. The molecular weight excluding hydrogens is 327 g/mol. The van der Waals surface area contributed by atoms with Crippen LogP contribution in [0.4, 0.5) is 10.1 Å². The molecule has 0 amide bonds.